The van der Waals surface area contributed by atoms with Gasteiger partial charge in [-0.05, 0) is 20.3 Å². The van der Waals surface area contributed by atoms with Crippen LogP contribution in [-0.4, -0.2) is 28.0 Å². The van der Waals surface area contributed by atoms with Gasteiger partial charge < -0.3 is 10.4 Å². The van der Waals surface area contributed by atoms with Crippen molar-refractivity contribution in [3.05, 3.63) is 15.6 Å². The van der Waals surface area contributed by atoms with Crippen molar-refractivity contribution in [3.8, 4) is 0 Å². The molecule has 16 heavy (non-hydrogen) atoms. The van der Waals surface area contributed by atoms with Crippen molar-refractivity contribution in [1.82, 2.24) is 10.3 Å². The molecule has 88 valence electrons. The van der Waals surface area contributed by atoms with E-state index in [1.807, 2.05) is 6.92 Å². The molecule has 0 radical (unpaired) electrons. The van der Waals surface area contributed by atoms with E-state index in [-0.39, 0.29) is 5.91 Å². The fourth-order valence-electron chi connectivity index (χ4n) is 1.14. The Balaban J connectivity index is 2.80. The number of carbonyl (C=O) groups excluding carboxylic acids is 1. The molecule has 0 saturated carbocycles. The molecule has 6 heteroatoms. The summed E-state index contributed by atoms with van der Waals surface area (Å²) >= 11 is 1.31. The predicted molar refractivity (Wildman–Crippen MR) is 60.8 cm³/mol. The lowest BCUT2D eigenvalue weighted by molar-refractivity contribution is -0.138. The Hall–Kier alpha value is -1.43. The van der Waals surface area contributed by atoms with Crippen molar-refractivity contribution >= 4 is 23.2 Å². The topological polar surface area (TPSA) is 79.3 Å². The quantitative estimate of drug-likeness (QED) is 0.832. The first-order valence-electron chi connectivity index (χ1n) is 4.95. The molecule has 5 nitrogen and oxygen atoms in total. The molecule has 0 saturated heterocycles. The van der Waals surface area contributed by atoms with E-state index >= 15 is 0 Å². The second-order valence-electron chi connectivity index (χ2n) is 3.41. The number of aliphatic carboxylic acids is 1. The third kappa shape index (κ3) is 2.79. The summed E-state index contributed by atoms with van der Waals surface area (Å²) in [5, 5.41) is 12.0. The smallest absolute Gasteiger partial charge is 0.325 e. The Morgan fingerprint density at radius 2 is 2.19 bits per heavy atom. The van der Waals surface area contributed by atoms with Crippen molar-refractivity contribution in [2.45, 2.75) is 33.2 Å². The summed E-state index contributed by atoms with van der Waals surface area (Å²) in [7, 11) is 0. The molecule has 0 aliphatic carbocycles. The lowest BCUT2D eigenvalue weighted by atomic mass is 10.3. The van der Waals surface area contributed by atoms with E-state index in [2.05, 4.69) is 10.3 Å². The number of carboxylic acid groups (broad SMARTS) is 1. The van der Waals surface area contributed by atoms with Gasteiger partial charge in [0, 0.05) is 0 Å². The highest BCUT2D eigenvalue weighted by molar-refractivity contribution is 7.13. The summed E-state index contributed by atoms with van der Waals surface area (Å²) in [6, 6.07) is -0.890. The van der Waals surface area contributed by atoms with E-state index in [4.69, 9.17) is 5.11 Å². The summed E-state index contributed by atoms with van der Waals surface area (Å²) in [4.78, 5) is 27.0. The zero-order chi connectivity index (χ0) is 12.3. The van der Waals surface area contributed by atoms with E-state index in [0.717, 1.165) is 11.4 Å². The van der Waals surface area contributed by atoms with Crippen molar-refractivity contribution in [1.29, 1.82) is 0 Å². The largest absolute Gasteiger partial charge is 0.480 e. The number of carbonyl (C=O) groups is 2. The number of aryl methyl sites for hydroxylation is 2. The fraction of sp³-hybridized carbons (Fsp3) is 0.500. The van der Waals surface area contributed by atoms with Crippen LogP contribution in [0, 0.1) is 6.92 Å². The van der Waals surface area contributed by atoms with Crippen LogP contribution in [0.2, 0.25) is 0 Å². The first kappa shape index (κ1) is 12.6. The molecule has 1 amide bonds. The molecule has 0 bridgehead atoms. The van der Waals surface area contributed by atoms with Gasteiger partial charge in [-0.2, -0.15) is 0 Å². The maximum absolute atomic E-state index is 11.7. The van der Waals surface area contributed by atoms with Crippen LogP contribution in [0.15, 0.2) is 0 Å². The Morgan fingerprint density at radius 1 is 1.56 bits per heavy atom. The predicted octanol–water partition coefficient (Wildman–Crippen LogP) is 1.22. The van der Waals surface area contributed by atoms with Crippen molar-refractivity contribution in [2.75, 3.05) is 0 Å². The average Bonchev–Trinajstić information content (AvgIpc) is 2.59. The molecule has 2 N–H and O–H groups in total. The summed E-state index contributed by atoms with van der Waals surface area (Å²) in [5.41, 5.74) is 0.650. The first-order chi connectivity index (χ1) is 7.45. The number of hydrogen-bond donors (Lipinski definition) is 2. The van der Waals surface area contributed by atoms with Gasteiger partial charge in [-0.15, -0.1) is 11.3 Å². The van der Waals surface area contributed by atoms with Crippen molar-refractivity contribution in [3.63, 3.8) is 0 Å². The Kier molecular flexibility index (Phi) is 4.00. The number of hydrogen-bond acceptors (Lipinski definition) is 4. The molecule has 0 spiro atoms. The van der Waals surface area contributed by atoms with Gasteiger partial charge in [0.2, 0.25) is 0 Å². The Bertz CT molecular complexity index is 414. The minimum Gasteiger partial charge on any atom is -0.480 e. The standard InChI is InChI=1S/C10H14N2O3S/c1-4-7-11-5(2)8(16-7)9(13)12-6(3)10(14)15/h6H,4H2,1-3H3,(H,12,13)(H,14,15)/t6-/m1/s1. The third-order valence-electron chi connectivity index (χ3n) is 2.07. The molecule has 0 unspecified atom stereocenters. The lowest BCUT2D eigenvalue weighted by Crippen LogP contribution is -2.38. The van der Waals surface area contributed by atoms with Crippen LogP contribution in [-0.2, 0) is 11.2 Å². The van der Waals surface area contributed by atoms with E-state index in [1.54, 1.807) is 6.92 Å². The normalized spacial score (nSPS) is 12.2. The minimum absolute atomic E-state index is 0.371. The second-order valence-corrected chi connectivity index (χ2v) is 4.49. The molecular weight excluding hydrogens is 228 g/mol. The van der Waals surface area contributed by atoms with Gasteiger partial charge in [0.15, 0.2) is 0 Å². The number of nitrogens with zero attached hydrogens (tertiary/aromatic N) is 1. The summed E-state index contributed by atoms with van der Waals surface area (Å²) < 4.78 is 0. The van der Waals surface area contributed by atoms with Gasteiger partial charge in [-0.25, -0.2) is 4.98 Å². The van der Waals surface area contributed by atoms with Crippen molar-refractivity contribution < 1.29 is 14.7 Å². The molecule has 1 rings (SSSR count). The fourth-order valence-corrected chi connectivity index (χ4v) is 2.05. The van der Waals surface area contributed by atoms with Crippen LogP contribution in [0.1, 0.15) is 34.2 Å². The number of nitrogens with one attached hydrogen (secondary N) is 1. The van der Waals surface area contributed by atoms with Crippen LogP contribution in [0.25, 0.3) is 0 Å². The van der Waals surface area contributed by atoms with E-state index in [1.165, 1.54) is 18.3 Å². The van der Waals surface area contributed by atoms with Gasteiger partial charge in [0.05, 0.1) is 10.7 Å². The summed E-state index contributed by atoms with van der Waals surface area (Å²) in [6.45, 7) is 5.13. The minimum atomic E-state index is -1.05. The van der Waals surface area contributed by atoms with E-state index in [0.29, 0.717) is 10.6 Å². The molecule has 0 fully saturated rings. The Morgan fingerprint density at radius 3 is 2.62 bits per heavy atom. The average molecular weight is 242 g/mol. The van der Waals surface area contributed by atoms with Crippen LogP contribution >= 0.6 is 11.3 Å². The van der Waals surface area contributed by atoms with Crippen LogP contribution in [0.4, 0.5) is 0 Å². The van der Waals surface area contributed by atoms with E-state index < -0.39 is 12.0 Å². The van der Waals surface area contributed by atoms with Crippen LogP contribution in [0.3, 0.4) is 0 Å². The van der Waals surface area contributed by atoms with Crippen LogP contribution in [0.5, 0.6) is 0 Å². The van der Waals surface area contributed by atoms with Gasteiger partial charge in [-0.3, -0.25) is 9.59 Å². The maximum atomic E-state index is 11.7. The highest BCUT2D eigenvalue weighted by Crippen LogP contribution is 2.18. The maximum Gasteiger partial charge on any atom is 0.325 e. The molecular formula is C10H14N2O3S. The highest BCUT2D eigenvalue weighted by atomic mass is 32.1. The number of amides is 1. The molecule has 1 aromatic rings. The van der Waals surface area contributed by atoms with Crippen molar-refractivity contribution in [2.24, 2.45) is 0 Å². The first-order valence-corrected chi connectivity index (χ1v) is 5.77. The zero-order valence-electron chi connectivity index (χ0n) is 9.40. The summed E-state index contributed by atoms with van der Waals surface area (Å²) in [6.07, 6.45) is 0.771. The number of thiazole rings is 1. The monoisotopic (exact) mass is 242 g/mol. The molecule has 0 aliphatic rings. The molecule has 0 aliphatic heterocycles. The molecule has 0 aromatic carbocycles. The third-order valence-corrected chi connectivity index (χ3v) is 3.37. The van der Waals surface area contributed by atoms with Gasteiger partial charge >= 0.3 is 5.97 Å². The number of carboxylic acids is 1. The zero-order valence-corrected chi connectivity index (χ0v) is 10.2. The Labute approximate surface area is 97.5 Å². The number of rotatable bonds is 4. The summed E-state index contributed by atoms with van der Waals surface area (Å²) in [5.74, 6) is -1.42. The molecule has 1 atom stereocenters. The highest BCUT2D eigenvalue weighted by Gasteiger charge is 2.19. The lowest BCUT2D eigenvalue weighted by Gasteiger charge is -2.07. The van der Waals surface area contributed by atoms with Gasteiger partial charge in [-0.1, -0.05) is 6.92 Å². The molecule has 1 aromatic heterocycles. The SMILES string of the molecule is CCc1nc(C)c(C(=O)N[C@H](C)C(=O)O)s1. The second kappa shape index (κ2) is 5.07. The van der Waals surface area contributed by atoms with Crippen LogP contribution < -0.4 is 5.32 Å². The number of aromatic nitrogens is 1. The van der Waals surface area contributed by atoms with Gasteiger partial charge in [0.25, 0.3) is 5.91 Å². The van der Waals surface area contributed by atoms with Gasteiger partial charge in [0.1, 0.15) is 10.9 Å². The molecule has 1 heterocycles. The van der Waals surface area contributed by atoms with E-state index in [9.17, 15) is 9.59 Å².